The van der Waals surface area contributed by atoms with Gasteiger partial charge in [-0.2, -0.15) is 5.10 Å². The van der Waals surface area contributed by atoms with Crippen molar-refractivity contribution >= 4 is 34.9 Å². The van der Waals surface area contributed by atoms with Crippen LogP contribution in [0.2, 0.25) is 0 Å². The van der Waals surface area contributed by atoms with Crippen molar-refractivity contribution in [3.8, 4) is 11.3 Å². The predicted molar refractivity (Wildman–Crippen MR) is 109 cm³/mol. The van der Waals surface area contributed by atoms with Crippen LogP contribution in [0, 0.1) is 0 Å². The average Bonchev–Trinajstić information content (AvgIpc) is 3.13. The van der Waals surface area contributed by atoms with Gasteiger partial charge < -0.3 is 16.0 Å². The molecule has 8 nitrogen and oxygen atoms in total. The van der Waals surface area contributed by atoms with Crippen LogP contribution in [0.25, 0.3) is 11.3 Å². The highest BCUT2D eigenvalue weighted by molar-refractivity contribution is 6.01. The molecule has 2 aromatic carbocycles. The molecule has 0 saturated heterocycles. The molecule has 1 aliphatic rings. The fourth-order valence-electron chi connectivity index (χ4n) is 3.20. The quantitative estimate of drug-likeness (QED) is 0.638. The zero-order chi connectivity index (χ0) is 20.4. The van der Waals surface area contributed by atoms with Gasteiger partial charge in [-0.25, -0.2) is 4.68 Å². The molecule has 3 N–H and O–H groups in total. The summed E-state index contributed by atoms with van der Waals surface area (Å²) in [5.74, 6) is -0.258. The second-order valence-electron chi connectivity index (χ2n) is 6.74. The lowest BCUT2D eigenvalue weighted by Gasteiger charge is -2.23. The highest BCUT2D eigenvalue weighted by Gasteiger charge is 2.32. The summed E-state index contributed by atoms with van der Waals surface area (Å²) >= 11 is 0. The van der Waals surface area contributed by atoms with Gasteiger partial charge in [0.05, 0.1) is 12.1 Å². The number of anilines is 3. The van der Waals surface area contributed by atoms with Crippen LogP contribution in [0.5, 0.6) is 0 Å². The predicted octanol–water partition coefficient (Wildman–Crippen LogP) is 3.03. The van der Waals surface area contributed by atoms with E-state index in [9.17, 15) is 14.4 Å². The summed E-state index contributed by atoms with van der Waals surface area (Å²) < 4.78 is 1.55. The van der Waals surface area contributed by atoms with E-state index in [-0.39, 0.29) is 24.1 Å². The summed E-state index contributed by atoms with van der Waals surface area (Å²) in [6.45, 7) is 1.43. The molecule has 1 aromatic heterocycles. The number of aromatic nitrogens is 2. The van der Waals surface area contributed by atoms with E-state index in [0.29, 0.717) is 22.9 Å². The van der Waals surface area contributed by atoms with Crippen LogP contribution in [0.3, 0.4) is 0 Å². The molecule has 0 bridgehead atoms. The number of nitrogens with zero attached hydrogens (tertiary/aromatic N) is 2. The van der Waals surface area contributed by atoms with Gasteiger partial charge in [0.2, 0.25) is 17.7 Å². The summed E-state index contributed by atoms with van der Waals surface area (Å²) in [4.78, 5) is 36.1. The Morgan fingerprint density at radius 3 is 2.34 bits per heavy atom. The van der Waals surface area contributed by atoms with Gasteiger partial charge >= 0.3 is 0 Å². The Morgan fingerprint density at radius 1 is 1.03 bits per heavy atom. The normalized spacial score (nSPS) is 15.2. The van der Waals surface area contributed by atoms with Crippen LogP contribution in [-0.2, 0) is 14.4 Å². The van der Waals surface area contributed by atoms with Crippen LogP contribution in [0.15, 0.2) is 60.7 Å². The first kappa shape index (κ1) is 18.4. The smallest absolute Gasteiger partial charge is 0.249 e. The van der Waals surface area contributed by atoms with Crippen molar-refractivity contribution in [3.05, 3.63) is 60.7 Å². The van der Waals surface area contributed by atoms with Gasteiger partial charge in [0.15, 0.2) is 0 Å². The summed E-state index contributed by atoms with van der Waals surface area (Å²) in [5, 5.41) is 12.8. The maximum Gasteiger partial charge on any atom is 0.249 e. The number of rotatable bonds is 4. The molecule has 0 fully saturated rings. The molecule has 3 aromatic rings. The molecule has 0 aliphatic carbocycles. The van der Waals surface area contributed by atoms with Crippen LogP contribution < -0.4 is 16.0 Å². The lowest BCUT2D eigenvalue weighted by Crippen LogP contribution is -2.35. The zero-order valence-corrected chi connectivity index (χ0v) is 15.7. The first-order valence-electron chi connectivity index (χ1n) is 9.13. The third-order valence-electron chi connectivity index (χ3n) is 4.52. The maximum atomic E-state index is 12.9. The number of carbonyl (C=O) groups is 3. The van der Waals surface area contributed by atoms with Gasteiger partial charge in [-0.1, -0.05) is 30.3 Å². The van der Waals surface area contributed by atoms with Gasteiger partial charge in [0, 0.05) is 29.9 Å². The topological polar surface area (TPSA) is 105 Å². The number of carbonyl (C=O) groups excluding carboxylic acids is 3. The number of hydrogen-bond acceptors (Lipinski definition) is 4. The van der Waals surface area contributed by atoms with Crippen molar-refractivity contribution in [2.24, 2.45) is 0 Å². The molecular formula is C21H19N5O3. The van der Waals surface area contributed by atoms with E-state index >= 15 is 0 Å². The monoisotopic (exact) mass is 389 g/mol. The molecule has 4 rings (SSSR count). The molecule has 0 spiro atoms. The number of hydrogen-bond donors (Lipinski definition) is 3. The van der Waals surface area contributed by atoms with Crippen molar-refractivity contribution in [3.63, 3.8) is 0 Å². The molecule has 1 unspecified atom stereocenters. The third-order valence-corrected chi connectivity index (χ3v) is 4.52. The second kappa shape index (κ2) is 7.59. The summed E-state index contributed by atoms with van der Waals surface area (Å²) in [5.41, 5.74) is 2.78. The van der Waals surface area contributed by atoms with Gasteiger partial charge in [-0.3, -0.25) is 14.4 Å². The summed E-state index contributed by atoms with van der Waals surface area (Å²) in [6.07, 6.45) is -0.00127. The van der Waals surface area contributed by atoms with Crippen LogP contribution in [0.4, 0.5) is 17.2 Å². The van der Waals surface area contributed by atoms with Crippen molar-refractivity contribution in [1.29, 1.82) is 0 Å². The lowest BCUT2D eigenvalue weighted by molar-refractivity contribution is -0.125. The third kappa shape index (κ3) is 4.01. The minimum Gasteiger partial charge on any atom is -0.326 e. The fraction of sp³-hybridized carbons (Fsp3) is 0.143. The van der Waals surface area contributed by atoms with Gasteiger partial charge in [0.1, 0.15) is 11.9 Å². The maximum absolute atomic E-state index is 12.9. The van der Waals surface area contributed by atoms with Crippen LogP contribution in [-0.4, -0.2) is 27.5 Å². The van der Waals surface area contributed by atoms with Crippen LogP contribution in [0.1, 0.15) is 19.4 Å². The number of nitrogens with one attached hydrogen (secondary N) is 3. The molecule has 1 atom stereocenters. The van der Waals surface area contributed by atoms with Crippen LogP contribution >= 0.6 is 0 Å². The standard InChI is InChI=1S/C21H19N5O3/c1-13(27)22-15-7-9-16(10-8-15)23-21(29)18-12-20(28)24-19-11-17(25-26(18)19)14-5-3-2-4-6-14/h2-11,18H,12H2,1H3,(H,22,27)(H,23,29)(H,24,28). The second-order valence-corrected chi connectivity index (χ2v) is 6.74. The first-order valence-corrected chi connectivity index (χ1v) is 9.13. The Hall–Kier alpha value is -3.94. The van der Waals surface area contributed by atoms with Gasteiger partial charge in [-0.15, -0.1) is 0 Å². The molecule has 29 heavy (non-hydrogen) atoms. The SMILES string of the molecule is CC(=O)Nc1ccc(NC(=O)C2CC(=O)Nc3cc(-c4ccccc4)nn32)cc1. The molecular weight excluding hydrogens is 370 g/mol. The Labute approximate surface area is 166 Å². The molecule has 1 aliphatic heterocycles. The minimum absolute atomic E-state index is 0.00127. The van der Waals surface area contributed by atoms with E-state index in [1.165, 1.54) is 6.92 Å². The van der Waals surface area contributed by atoms with E-state index in [2.05, 4.69) is 21.0 Å². The number of amides is 3. The Kier molecular flexibility index (Phi) is 4.82. The van der Waals surface area contributed by atoms with Crippen molar-refractivity contribution in [2.75, 3.05) is 16.0 Å². The molecule has 146 valence electrons. The van der Waals surface area contributed by atoms with Gasteiger partial charge in [0.25, 0.3) is 0 Å². The number of benzene rings is 2. The average molecular weight is 389 g/mol. The Morgan fingerprint density at radius 2 is 1.69 bits per heavy atom. The van der Waals surface area contributed by atoms with Crippen molar-refractivity contribution < 1.29 is 14.4 Å². The largest absolute Gasteiger partial charge is 0.326 e. The highest BCUT2D eigenvalue weighted by atomic mass is 16.2. The Bertz CT molecular complexity index is 1070. The number of fused-ring (bicyclic) bond motifs is 1. The first-order chi connectivity index (χ1) is 14.0. The van der Waals surface area contributed by atoms with E-state index < -0.39 is 6.04 Å². The molecule has 8 heteroatoms. The van der Waals surface area contributed by atoms with Crippen molar-refractivity contribution in [2.45, 2.75) is 19.4 Å². The van der Waals surface area contributed by atoms with E-state index in [1.54, 1.807) is 35.0 Å². The summed E-state index contributed by atoms with van der Waals surface area (Å²) in [6, 6.07) is 17.3. The van der Waals surface area contributed by atoms with Crippen molar-refractivity contribution in [1.82, 2.24) is 9.78 Å². The van der Waals surface area contributed by atoms with E-state index in [0.717, 1.165) is 5.56 Å². The zero-order valence-electron chi connectivity index (χ0n) is 15.7. The molecule has 2 heterocycles. The molecule has 0 radical (unpaired) electrons. The Balaban J connectivity index is 1.56. The minimum atomic E-state index is -0.758. The summed E-state index contributed by atoms with van der Waals surface area (Å²) in [7, 11) is 0. The fourth-order valence-corrected chi connectivity index (χ4v) is 3.20. The highest BCUT2D eigenvalue weighted by Crippen LogP contribution is 2.30. The van der Waals surface area contributed by atoms with E-state index in [1.807, 2.05) is 30.3 Å². The van der Waals surface area contributed by atoms with Gasteiger partial charge in [-0.05, 0) is 24.3 Å². The lowest BCUT2D eigenvalue weighted by atomic mass is 10.1. The molecule has 0 saturated carbocycles. The van der Waals surface area contributed by atoms with E-state index in [4.69, 9.17) is 0 Å². The molecule has 3 amide bonds.